The minimum absolute atomic E-state index is 0.0894. The quantitative estimate of drug-likeness (QED) is 0.515. The molecule has 0 aromatic carbocycles. The minimum Gasteiger partial charge on any atom is -0.508 e. The zero-order valence-electron chi connectivity index (χ0n) is 5.32. The Balaban J connectivity index is 2.76. The summed E-state index contributed by atoms with van der Waals surface area (Å²) in [5, 5.41) is 18.0. The fourth-order valence-corrected chi connectivity index (χ4v) is 0.721. The molecule has 1 unspecified atom stereocenters. The van der Waals surface area contributed by atoms with Crippen molar-refractivity contribution in [3.05, 3.63) is 24.0 Å². The van der Waals surface area contributed by atoms with Crippen LogP contribution < -0.4 is 0 Å². The second-order valence-electron chi connectivity index (χ2n) is 2.28. The Labute approximate surface area is 58.3 Å². The van der Waals surface area contributed by atoms with E-state index in [1.807, 2.05) is 0 Å². The maximum atomic E-state index is 10.2. The average Bonchev–Trinajstić information content (AvgIpc) is 1.96. The molecule has 0 aromatic rings. The standard InChI is InChI=1S/C7H8O3/c8-5-7(10)3-1-6(9)2-4-7/h1-3,5,9-10H,4H2. The van der Waals surface area contributed by atoms with Crippen LogP contribution in [0.5, 0.6) is 0 Å². The maximum absolute atomic E-state index is 10.2. The van der Waals surface area contributed by atoms with E-state index in [1.54, 1.807) is 0 Å². The van der Waals surface area contributed by atoms with E-state index in [0.29, 0.717) is 6.29 Å². The topological polar surface area (TPSA) is 57.5 Å². The molecule has 0 saturated carbocycles. The summed E-state index contributed by atoms with van der Waals surface area (Å²) in [6.07, 6.45) is 4.58. The number of aldehydes is 1. The summed E-state index contributed by atoms with van der Waals surface area (Å²) >= 11 is 0. The van der Waals surface area contributed by atoms with Gasteiger partial charge in [0.25, 0.3) is 0 Å². The highest BCUT2D eigenvalue weighted by Crippen LogP contribution is 2.16. The van der Waals surface area contributed by atoms with Crippen LogP contribution in [-0.2, 0) is 4.79 Å². The Morgan fingerprint density at radius 3 is 2.80 bits per heavy atom. The van der Waals surface area contributed by atoms with Crippen molar-refractivity contribution in [2.24, 2.45) is 0 Å². The SMILES string of the molecule is O=CC1(O)C=CC(O)=CC1. The summed E-state index contributed by atoms with van der Waals surface area (Å²) < 4.78 is 0. The van der Waals surface area contributed by atoms with Gasteiger partial charge in [0.15, 0.2) is 6.29 Å². The minimum atomic E-state index is -1.40. The van der Waals surface area contributed by atoms with Gasteiger partial charge in [-0.1, -0.05) is 0 Å². The molecule has 2 N–H and O–H groups in total. The molecule has 1 atom stereocenters. The first-order valence-corrected chi connectivity index (χ1v) is 2.93. The van der Waals surface area contributed by atoms with Gasteiger partial charge in [0.2, 0.25) is 0 Å². The molecule has 0 fully saturated rings. The average molecular weight is 140 g/mol. The highest BCUT2D eigenvalue weighted by atomic mass is 16.3. The molecule has 0 radical (unpaired) electrons. The van der Waals surface area contributed by atoms with Crippen molar-refractivity contribution in [1.82, 2.24) is 0 Å². The summed E-state index contributed by atoms with van der Waals surface area (Å²) in [5.74, 6) is 0.0894. The lowest BCUT2D eigenvalue weighted by molar-refractivity contribution is -0.119. The summed E-state index contributed by atoms with van der Waals surface area (Å²) in [5.41, 5.74) is -1.40. The second kappa shape index (κ2) is 2.27. The molecule has 1 aliphatic rings. The van der Waals surface area contributed by atoms with Crippen molar-refractivity contribution in [1.29, 1.82) is 0 Å². The second-order valence-corrected chi connectivity index (χ2v) is 2.28. The lowest BCUT2D eigenvalue weighted by atomic mass is 9.97. The van der Waals surface area contributed by atoms with Crippen molar-refractivity contribution < 1.29 is 15.0 Å². The van der Waals surface area contributed by atoms with E-state index in [2.05, 4.69) is 0 Å². The molecule has 54 valence electrons. The van der Waals surface area contributed by atoms with Crippen molar-refractivity contribution in [3.8, 4) is 0 Å². The highest BCUT2D eigenvalue weighted by molar-refractivity contribution is 5.67. The molecular formula is C7H8O3. The number of aliphatic hydroxyl groups is 2. The molecule has 0 spiro atoms. The van der Waals surface area contributed by atoms with Gasteiger partial charge in [0.1, 0.15) is 11.4 Å². The van der Waals surface area contributed by atoms with Crippen LogP contribution in [0.25, 0.3) is 0 Å². The normalized spacial score (nSPS) is 31.5. The summed E-state index contributed by atoms with van der Waals surface area (Å²) in [6.45, 7) is 0. The van der Waals surface area contributed by atoms with E-state index >= 15 is 0 Å². The highest BCUT2D eigenvalue weighted by Gasteiger charge is 2.23. The molecule has 1 aliphatic carbocycles. The molecular weight excluding hydrogens is 132 g/mol. The molecule has 3 heteroatoms. The third kappa shape index (κ3) is 1.25. The molecule has 0 amide bonds. The summed E-state index contributed by atoms with van der Waals surface area (Å²) in [4.78, 5) is 10.2. The number of hydrogen-bond acceptors (Lipinski definition) is 3. The third-order valence-corrected chi connectivity index (χ3v) is 1.38. The largest absolute Gasteiger partial charge is 0.508 e. The van der Waals surface area contributed by atoms with Crippen LogP contribution in [-0.4, -0.2) is 22.1 Å². The van der Waals surface area contributed by atoms with Crippen LogP contribution in [0, 0.1) is 0 Å². The number of rotatable bonds is 1. The molecule has 0 aliphatic heterocycles. The van der Waals surface area contributed by atoms with E-state index < -0.39 is 5.60 Å². The maximum Gasteiger partial charge on any atom is 0.155 e. The Kier molecular flexibility index (Phi) is 1.59. The Morgan fingerprint density at radius 1 is 1.70 bits per heavy atom. The smallest absolute Gasteiger partial charge is 0.155 e. The lowest BCUT2D eigenvalue weighted by Gasteiger charge is -2.17. The van der Waals surface area contributed by atoms with Crippen LogP contribution in [0.15, 0.2) is 24.0 Å². The molecule has 0 heterocycles. The molecule has 0 bridgehead atoms. The van der Waals surface area contributed by atoms with Crippen molar-refractivity contribution in [2.75, 3.05) is 0 Å². The van der Waals surface area contributed by atoms with Gasteiger partial charge < -0.3 is 10.2 Å². The predicted octanol–water partition coefficient (Wildman–Crippen LogP) is 0.318. The monoisotopic (exact) mass is 140 g/mol. The zero-order chi connectivity index (χ0) is 7.61. The number of hydrogen-bond donors (Lipinski definition) is 2. The van der Waals surface area contributed by atoms with Crippen molar-refractivity contribution >= 4 is 6.29 Å². The first kappa shape index (κ1) is 7.02. The van der Waals surface area contributed by atoms with E-state index in [9.17, 15) is 9.90 Å². The van der Waals surface area contributed by atoms with Crippen molar-refractivity contribution in [3.63, 3.8) is 0 Å². The Morgan fingerprint density at radius 2 is 2.40 bits per heavy atom. The molecule has 0 saturated heterocycles. The number of carbonyl (C=O) groups is 1. The Hall–Kier alpha value is -1.09. The number of carbonyl (C=O) groups excluding carboxylic acids is 1. The van der Waals surface area contributed by atoms with Gasteiger partial charge in [-0.15, -0.1) is 0 Å². The molecule has 1 rings (SSSR count). The van der Waals surface area contributed by atoms with Gasteiger partial charge in [0.05, 0.1) is 0 Å². The van der Waals surface area contributed by atoms with E-state index in [1.165, 1.54) is 18.2 Å². The van der Waals surface area contributed by atoms with Gasteiger partial charge in [-0.25, -0.2) is 0 Å². The Bertz CT molecular complexity index is 205. The molecule has 10 heavy (non-hydrogen) atoms. The van der Waals surface area contributed by atoms with E-state index in [-0.39, 0.29) is 12.2 Å². The van der Waals surface area contributed by atoms with Crippen LogP contribution in [0.3, 0.4) is 0 Å². The van der Waals surface area contributed by atoms with E-state index in [0.717, 1.165) is 0 Å². The predicted molar refractivity (Wildman–Crippen MR) is 35.5 cm³/mol. The van der Waals surface area contributed by atoms with Crippen LogP contribution >= 0.6 is 0 Å². The van der Waals surface area contributed by atoms with Crippen LogP contribution in [0.4, 0.5) is 0 Å². The summed E-state index contributed by atoms with van der Waals surface area (Å²) in [7, 11) is 0. The number of allylic oxidation sites excluding steroid dienone is 1. The third-order valence-electron chi connectivity index (χ3n) is 1.38. The zero-order valence-corrected chi connectivity index (χ0v) is 5.32. The lowest BCUT2D eigenvalue weighted by Crippen LogP contribution is -2.28. The van der Waals surface area contributed by atoms with Gasteiger partial charge >= 0.3 is 0 Å². The van der Waals surface area contributed by atoms with Crippen LogP contribution in [0.2, 0.25) is 0 Å². The first-order valence-electron chi connectivity index (χ1n) is 2.93. The van der Waals surface area contributed by atoms with Crippen LogP contribution in [0.1, 0.15) is 6.42 Å². The number of aliphatic hydroxyl groups excluding tert-OH is 1. The van der Waals surface area contributed by atoms with Gasteiger partial charge in [-0.2, -0.15) is 0 Å². The molecule has 0 aromatic heterocycles. The fourth-order valence-electron chi connectivity index (χ4n) is 0.721. The fraction of sp³-hybridized carbons (Fsp3) is 0.286. The van der Waals surface area contributed by atoms with Gasteiger partial charge in [-0.05, 0) is 18.2 Å². The van der Waals surface area contributed by atoms with Crippen molar-refractivity contribution in [2.45, 2.75) is 12.0 Å². The van der Waals surface area contributed by atoms with Gasteiger partial charge in [-0.3, -0.25) is 4.79 Å². The summed E-state index contributed by atoms with van der Waals surface area (Å²) in [6, 6.07) is 0. The van der Waals surface area contributed by atoms with E-state index in [4.69, 9.17) is 5.11 Å². The first-order chi connectivity index (χ1) is 4.66. The molecule has 3 nitrogen and oxygen atoms in total. The van der Waals surface area contributed by atoms with Gasteiger partial charge in [0, 0.05) is 6.42 Å².